The van der Waals surface area contributed by atoms with Crippen LogP contribution in [0.3, 0.4) is 0 Å². The highest BCUT2D eigenvalue weighted by Gasteiger charge is 2.16. The minimum absolute atomic E-state index is 0.640. The van der Waals surface area contributed by atoms with Gasteiger partial charge in [0.2, 0.25) is 0 Å². The van der Waals surface area contributed by atoms with E-state index in [9.17, 15) is 0 Å². The fourth-order valence-electron chi connectivity index (χ4n) is 6.57. The Morgan fingerprint density at radius 2 is 0.787 bits per heavy atom. The van der Waals surface area contributed by atoms with E-state index in [0.717, 1.165) is 27.9 Å². The number of aromatic nitrogens is 4. The van der Waals surface area contributed by atoms with Crippen molar-refractivity contribution in [2.24, 2.45) is 0 Å². The van der Waals surface area contributed by atoms with Crippen molar-refractivity contribution in [1.82, 2.24) is 19.5 Å². The second-order valence-corrected chi connectivity index (χ2v) is 11.7. The van der Waals surface area contributed by atoms with Crippen LogP contribution in [-0.2, 0) is 0 Å². The molecule has 0 spiro atoms. The third-order valence-corrected chi connectivity index (χ3v) is 8.86. The molecule has 0 atom stereocenters. The van der Waals surface area contributed by atoms with E-state index in [0.29, 0.717) is 17.5 Å². The number of hydrogen-bond donors (Lipinski definition) is 0. The maximum absolute atomic E-state index is 5.00. The monoisotopic (exact) mass is 600 g/mol. The lowest BCUT2D eigenvalue weighted by Gasteiger charge is -2.11. The summed E-state index contributed by atoms with van der Waals surface area (Å²) in [5, 5.41) is 5.03. The Labute approximate surface area is 272 Å². The molecule has 0 radical (unpaired) electrons. The Kier molecular flexibility index (Phi) is 6.43. The third kappa shape index (κ3) is 4.75. The molecule has 0 amide bonds. The largest absolute Gasteiger partial charge is 0.309 e. The summed E-state index contributed by atoms with van der Waals surface area (Å²) in [5.41, 5.74) is 8.61. The fourth-order valence-corrected chi connectivity index (χ4v) is 6.57. The molecule has 4 nitrogen and oxygen atoms in total. The molecule has 0 aliphatic heterocycles. The lowest BCUT2D eigenvalue weighted by Crippen LogP contribution is -2.00. The topological polar surface area (TPSA) is 43.6 Å². The average molecular weight is 601 g/mol. The summed E-state index contributed by atoms with van der Waals surface area (Å²) in [7, 11) is 0. The van der Waals surface area contributed by atoms with Crippen LogP contribution in [0.5, 0.6) is 0 Å². The first-order valence-electron chi connectivity index (χ1n) is 15.8. The van der Waals surface area contributed by atoms with Crippen LogP contribution in [0.2, 0.25) is 0 Å². The zero-order valence-electron chi connectivity index (χ0n) is 25.5. The molecule has 0 saturated carbocycles. The first kappa shape index (κ1) is 27.0. The lowest BCUT2D eigenvalue weighted by molar-refractivity contribution is 1.07. The van der Waals surface area contributed by atoms with Crippen molar-refractivity contribution in [3.8, 4) is 51.0 Å². The van der Waals surface area contributed by atoms with Crippen molar-refractivity contribution in [2.45, 2.75) is 0 Å². The van der Waals surface area contributed by atoms with Crippen molar-refractivity contribution in [2.75, 3.05) is 0 Å². The van der Waals surface area contributed by atoms with E-state index in [1.807, 2.05) is 36.4 Å². The van der Waals surface area contributed by atoms with Gasteiger partial charge in [0, 0.05) is 33.2 Å². The molecule has 0 aliphatic carbocycles. The second kappa shape index (κ2) is 11.2. The van der Waals surface area contributed by atoms with Crippen molar-refractivity contribution >= 4 is 32.6 Å². The van der Waals surface area contributed by atoms with Gasteiger partial charge in [-0.05, 0) is 58.3 Å². The molecule has 4 heteroatoms. The van der Waals surface area contributed by atoms with Gasteiger partial charge >= 0.3 is 0 Å². The van der Waals surface area contributed by atoms with Crippen LogP contribution < -0.4 is 0 Å². The number of hydrogen-bond acceptors (Lipinski definition) is 3. The maximum atomic E-state index is 5.00. The molecule has 0 saturated heterocycles. The van der Waals surface area contributed by atoms with Gasteiger partial charge in [-0.2, -0.15) is 0 Å². The zero-order chi connectivity index (χ0) is 31.2. The molecule has 0 aliphatic rings. The molecule has 0 bridgehead atoms. The standard InChI is InChI=1S/C43H28N4/c1-3-11-29(12-4-1)30-19-21-33(22-20-30)42-44-41(32-14-5-2-6-15-32)45-43(46-42)34-23-26-35(27-24-34)47-38-18-10-9-17-37(38)40-36-16-8-7-13-31(36)25-28-39(40)47/h1-28H. The Hall–Kier alpha value is -6.39. The second-order valence-electron chi connectivity index (χ2n) is 11.7. The predicted octanol–water partition coefficient (Wildman–Crippen LogP) is 10.8. The minimum atomic E-state index is 0.640. The summed E-state index contributed by atoms with van der Waals surface area (Å²) in [4.78, 5) is 14.9. The van der Waals surface area contributed by atoms with Gasteiger partial charge in [-0.1, -0.05) is 133 Å². The number of fused-ring (bicyclic) bond motifs is 5. The molecule has 0 unspecified atom stereocenters. The van der Waals surface area contributed by atoms with Crippen LogP contribution in [0, 0.1) is 0 Å². The van der Waals surface area contributed by atoms with Crippen LogP contribution in [0.25, 0.3) is 83.6 Å². The molecular weight excluding hydrogens is 573 g/mol. The van der Waals surface area contributed by atoms with Gasteiger partial charge in [-0.3, -0.25) is 0 Å². The molecule has 2 aromatic heterocycles. The molecule has 2 heterocycles. The van der Waals surface area contributed by atoms with E-state index in [4.69, 9.17) is 15.0 Å². The van der Waals surface area contributed by atoms with Crippen molar-refractivity contribution in [1.29, 1.82) is 0 Å². The summed E-state index contributed by atoms with van der Waals surface area (Å²) in [5.74, 6) is 1.93. The van der Waals surface area contributed by atoms with E-state index in [2.05, 4.69) is 138 Å². The quantitative estimate of drug-likeness (QED) is 0.197. The maximum Gasteiger partial charge on any atom is 0.164 e. The van der Waals surface area contributed by atoms with Crippen molar-refractivity contribution < 1.29 is 0 Å². The summed E-state index contributed by atoms with van der Waals surface area (Å²) >= 11 is 0. The van der Waals surface area contributed by atoms with Gasteiger partial charge in [0.1, 0.15) is 0 Å². The van der Waals surface area contributed by atoms with Crippen LogP contribution in [0.4, 0.5) is 0 Å². The van der Waals surface area contributed by atoms with Gasteiger partial charge in [0.05, 0.1) is 11.0 Å². The van der Waals surface area contributed by atoms with Crippen molar-refractivity contribution in [3.63, 3.8) is 0 Å². The highest BCUT2D eigenvalue weighted by Crippen LogP contribution is 2.37. The zero-order valence-corrected chi connectivity index (χ0v) is 25.5. The molecule has 0 fully saturated rings. The molecule has 220 valence electrons. The van der Waals surface area contributed by atoms with Gasteiger partial charge in [0.15, 0.2) is 17.5 Å². The molecule has 9 rings (SSSR count). The molecule has 47 heavy (non-hydrogen) atoms. The number of benzene rings is 7. The van der Waals surface area contributed by atoms with Gasteiger partial charge in [0.25, 0.3) is 0 Å². The van der Waals surface area contributed by atoms with Crippen LogP contribution in [0.15, 0.2) is 170 Å². The van der Waals surface area contributed by atoms with E-state index < -0.39 is 0 Å². The Bertz CT molecular complexity index is 2530. The summed E-state index contributed by atoms with van der Waals surface area (Å²) in [6.45, 7) is 0. The lowest BCUT2D eigenvalue weighted by atomic mass is 10.0. The molecular formula is C43H28N4. The fraction of sp³-hybridized carbons (Fsp3) is 0. The normalized spacial score (nSPS) is 11.4. The molecule has 9 aromatic rings. The van der Waals surface area contributed by atoms with E-state index in [1.165, 1.54) is 38.1 Å². The van der Waals surface area contributed by atoms with Crippen LogP contribution in [-0.4, -0.2) is 19.5 Å². The summed E-state index contributed by atoms with van der Waals surface area (Å²) < 4.78 is 2.35. The van der Waals surface area contributed by atoms with E-state index in [-0.39, 0.29) is 0 Å². The van der Waals surface area contributed by atoms with E-state index >= 15 is 0 Å². The SMILES string of the molecule is c1ccc(-c2ccc(-c3nc(-c4ccccc4)nc(-c4ccc(-n5c6ccccc6c6c7ccccc7ccc65)cc4)n3)cc2)cc1. The third-order valence-electron chi connectivity index (χ3n) is 8.86. The van der Waals surface area contributed by atoms with Crippen LogP contribution >= 0.6 is 0 Å². The molecule has 7 aromatic carbocycles. The minimum Gasteiger partial charge on any atom is -0.309 e. The number of para-hydroxylation sites is 1. The van der Waals surface area contributed by atoms with Crippen LogP contribution in [0.1, 0.15) is 0 Å². The van der Waals surface area contributed by atoms with E-state index in [1.54, 1.807) is 0 Å². The van der Waals surface area contributed by atoms with Gasteiger partial charge in [-0.25, -0.2) is 15.0 Å². The number of rotatable bonds is 5. The Morgan fingerprint density at radius 1 is 0.319 bits per heavy atom. The Balaban J connectivity index is 1.16. The molecule has 0 N–H and O–H groups in total. The first-order valence-corrected chi connectivity index (χ1v) is 15.8. The Morgan fingerprint density at radius 3 is 1.45 bits per heavy atom. The highest BCUT2D eigenvalue weighted by atomic mass is 15.0. The van der Waals surface area contributed by atoms with Gasteiger partial charge < -0.3 is 4.57 Å². The summed E-state index contributed by atoms with van der Waals surface area (Å²) in [6, 6.07) is 59.2. The van der Waals surface area contributed by atoms with Crippen molar-refractivity contribution in [3.05, 3.63) is 170 Å². The predicted molar refractivity (Wildman–Crippen MR) is 193 cm³/mol. The smallest absolute Gasteiger partial charge is 0.164 e. The van der Waals surface area contributed by atoms with Gasteiger partial charge in [-0.15, -0.1) is 0 Å². The first-order chi connectivity index (χ1) is 23.3. The summed E-state index contributed by atoms with van der Waals surface area (Å²) in [6.07, 6.45) is 0. The number of nitrogens with zero attached hydrogens (tertiary/aromatic N) is 4. The highest BCUT2D eigenvalue weighted by molar-refractivity contribution is 6.21. The average Bonchev–Trinajstić information content (AvgIpc) is 3.50.